The van der Waals surface area contributed by atoms with Crippen LogP contribution in [0, 0.1) is 11.8 Å². The zero-order valence-electron chi connectivity index (χ0n) is 14.0. The third-order valence-electron chi connectivity index (χ3n) is 5.28. The molecule has 120 valence electrons. The molecule has 1 saturated carbocycles. The smallest absolute Gasteiger partial charge is 0.251 e. The number of nitrogens with one attached hydrogen (secondary N) is 1. The van der Waals surface area contributed by atoms with Crippen LogP contribution in [0.2, 0.25) is 0 Å². The molecule has 3 rings (SSSR count). The molecule has 2 aromatic carbocycles. The van der Waals surface area contributed by atoms with Gasteiger partial charge in [0, 0.05) is 11.6 Å². The molecule has 0 heterocycles. The van der Waals surface area contributed by atoms with Crippen molar-refractivity contribution in [2.45, 2.75) is 39.2 Å². The Morgan fingerprint density at radius 1 is 0.913 bits per heavy atom. The molecule has 0 unspecified atom stereocenters. The Hall–Kier alpha value is -2.09. The Bertz CT molecular complexity index is 647. The molecule has 0 bridgehead atoms. The highest BCUT2D eigenvalue weighted by atomic mass is 16.1. The van der Waals surface area contributed by atoms with E-state index in [1.807, 2.05) is 42.5 Å². The van der Waals surface area contributed by atoms with E-state index in [-0.39, 0.29) is 5.91 Å². The molecule has 1 amide bonds. The Morgan fingerprint density at radius 3 is 2.26 bits per heavy atom. The monoisotopic (exact) mass is 307 g/mol. The van der Waals surface area contributed by atoms with Gasteiger partial charge in [0.25, 0.3) is 5.91 Å². The molecule has 23 heavy (non-hydrogen) atoms. The van der Waals surface area contributed by atoms with E-state index in [4.69, 9.17) is 0 Å². The number of hydrogen-bond acceptors (Lipinski definition) is 1. The summed E-state index contributed by atoms with van der Waals surface area (Å²) < 4.78 is 0. The fourth-order valence-electron chi connectivity index (χ4n) is 3.48. The lowest BCUT2D eigenvalue weighted by molar-refractivity contribution is 0.0891. The van der Waals surface area contributed by atoms with Crippen molar-refractivity contribution in [1.82, 2.24) is 5.32 Å². The van der Waals surface area contributed by atoms with Gasteiger partial charge in [0.05, 0.1) is 0 Å². The highest BCUT2D eigenvalue weighted by molar-refractivity contribution is 5.94. The lowest BCUT2D eigenvalue weighted by Gasteiger charge is -2.34. The minimum atomic E-state index is 0.0514. The number of carbonyl (C=O) groups excluding carboxylic acids is 1. The van der Waals surface area contributed by atoms with Gasteiger partial charge in [-0.2, -0.15) is 0 Å². The number of hydrogen-bond donors (Lipinski definition) is 1. The summed E-state index contributed by atoms with van der Waals surface area (Å²) in [7, 11) is 0. The minimum absolute atomic E-state index is 0.0514. The lowest BCUT2D eigenvalue weighted by atomic mass is 9.78. The van der Waals surface area contributed by atoms with Crippen molar-refractivity contribution in [3.63, 3.8) is 0 Å². The molecule has 2 aromatic rings. The third-order valence-corrected chi connectivity index (χ3v) is 5.28. The molecule has 0 spiro atoms. The van der Waals surface area contributed by atoms with Crippen molar-refractivity contribution in [2.75, 3.05) is 0 Å². The topological polar surface area (TPSA) is 29.1 Å². The quantitative estimate of drug-likeness (QED) is 0.858. The standard InChI is InChI=1S/C21H25NO/c1-15-7-6-10-20(16(15)2)22-21(23)19-13-11-18(12-14-19)17-8-4-3-5-9-17/h3-5,8-9,11-16,20H,6-7,10H2,1-2H3,(H,22,23)/t15-,16-,20-/m1/s1. The van der Waals surface area contributed by atoms with Gasteiger partial charge in [0.2, 0.25) is 0 Å². The van der Waals surface area contributed by atoms with Crippen LogP contribution >= 0.6 is 0 Å². The number of benzene rings is 2. The van der Waals surface area contributed by atoms with Crippen LogP contribution in [0.3, 0.4) is 0 Å². The normalized spacial score (nSPS) is 24.2. The first-order chi connectivity index (χ1) is 11.1. The maximum absolute atomic E-state index is 12.5. The molecule has 2 heteroatoms. The maximum atomic E-state index is 12.5. The summed E-state index contributed by atoms with van der Waals surface area (Å²) in [4.78, 5) is 12.5. The third kappa shape index (κ3) is 3.64. The Kier molecular flexibility index (Phi) is 4.80. The summed E-state index contributed by atoms with van der Waals surface area (Å²) in [6.45, 7) is 4.55. The number of amides is 1. The second-order valence-corrected chi connectivity index (χ2v) is 6.79. The first kappa shape index (κ1) is 15.8. The molecule has 2 nitrogen and oxygen atoms in total. The second-order valence-electron chi connectivity index (χ2n) is 6.79. The fraction of sp³-hybridized carbons (Fsp3) is 0.381. The van der Waals surface area contributed by atoms with Crippen LogP contribution in [0.1, 0.15) is 43.5 Å². The van der Waals surface area contributed by atoms with Crippen LogP contribution in [0.15, 0.2) is 54.6 Å². The van der Waals surface area contributed by atoms with Crippen LogP contribution in [0.25, 0.3) is 11.1 Å². The largest absolute Gasteiger partial charge is 0.349 e. The van der Waals surface area contributed by atoms with Gasteiger partial charge in [-0.3, -0.25) is 4.79 Å². The molecule has 1 N–H and O–H groups in total. The number of carbonyl (C=O) groups is 1. The predicted octanol–water partition coefficient (Wildman–Crippen LogP) is 4.91. The Labute approximate surface area is 138 Å². The van der Waals surface area contributed by atoms with Gasteiger partial charge in [-0.1, -0.05) is 69.2 Å². The molecule has 1 aliphatic carbocycles. The molecule has 1 aliphatic rings. The van der Waals surface area contributed by atoms with E-state index < -0.39 is 0 Å². The van der Waals surface area contributed by atoms with Crippen molar-refractivity contribution in [3.05, 3.63) is 60.2 Å². The molecule has 0 radical (unpaired) electrons. The van der Waals surface area contributed by atoms with Crippen LogP contribution in [-0.4, -0.2) is 11.9 Å². The number of rotatable bonds is 3. The van der Waals surface area contributed by atoms with E-state index in [9.17, 15) is 4.79 Å². The van der Waals surface area contributed by atoms with Crippen LogP contribution in [0.4, 0.5) is 0 Å². The average molecular weight is 307 g/mol. The summed E-state index contributed by atoms with van der Waals surface area (Å²) in [6, 6.07) is 18.4. The Balaban J connectivity index is 1.68. The SMILES string of the molecule is C[C@@H]1[C@H](C)CCC[C@H]1NC(=O)c1ccc(-c2ccccc2)cc1. The van der Waals surface area contributed by atoms with Gasteiger partial charge in [-0.15, -0.1) is 0 Å². The van der Waals surface area contributed by atoms with E-state index in [2.05, 4.69) is 31.3 Å². The van der Waals surface area contributed by atoms with Gasteiger partial charge < -0.3 is 5.32 Å². The van der Waals surface area contributed by atoms with E-state index in [1.165, 1.54) is 18.4 Å². The lowest BCUT2D eigenvalue weighted by Crippen LogP contribution is -2.43. The summed E-state index contributed by atoms with van der Waals surface area (Å²) in [5.41, 5.74) is 3.06. The van der Waals surface area contributed by atoms with Crippen molar-refractivity contribution in [3.8, 4) is 11.1 Å². The predicted molar refractivity (Wildman–Crippen MR) is 95.3 cm³/mol. The molecule has 3 atom stereocenters. The molecular formula is C21H25NO. The van der Waals surface area contributed by atoms with Crippen LogP contribution < -0.4 is 5.32 Å². The summed E-state index contributed by atoms with van der Waals surface area (Å²) in [6.07, 6.45) is 3.59. The zero-order chi connectivity index (χ0) is 16.2. The average Bonchev–Trinajstić information content (AvgIpc) is 2.60. The van der Waals surface area contributed by atoms with E-state index in [1.54, 1.807) is 0 Å². The van der Waals surface area contributed by atoms with Crippen LogP contribution in [-0.2, 0) is 0 Å². The minimum Gasteiger partial charge on any atom is -0.349 e. The fourth-order valence-corrected chi connectivity index (χ4v) is 3.48. The maximum Gasteiger partial charge on any atom is 0.251 e. The second kappa shape index (κ2) is 6.99. The first-order valence-electron chi connectivity index (χ1n) is 8.61. The zero-order valence-corrected chi connectivity index (χ0v) is 14.0. The highest BCUT2D eigenvalue weighted by Gasteiger charge is 2.28. The van der Waals surface area contributed by atoms with Crippen molar-refractivity contribution >= 4 is 5.91 Å². The van der Waals surface area contributed by atoms with Gasteiger partial charge >= 0.3 is 0 Å². The van der Waals surface area contributed by atoms with Crippen LogP contribution in [0.5, 0.6) is 0 Å². The van der Waals surface area contributed by atoms with Crippen molar-refractivity contribution in [2.24, 2.45) is 11.8 Å². The van der Waals surface area contributed by atoms with Gasteiger partial charge in [0.1, 0.15) is 0 Å². The first-order valence-corrected chi connectivity index (χ1v) is 8.61. The van der Waals surface area contributed by atoms with Gasteiger partial charge in [-0.25, -0.2) is 0 Å². The van der Waals surface area contributed by atoms with E-state index in [0.29, 0.717) is 17.9 Å². The molecule has 0 saturated heterocycles. The van der Waals surface area contributed by atoms with Crippen molar-refractivity contribution < 1.29 is 4.79 Å². The molecule has 1 fully saturated rings. The highest BCUT2D eigenvalue weighted by Crippen LogP contribution is 2.29. The van der Waals surface area contributed by atoms with Gasteiger partial charge in [-0.05, 0) is 41.5 Å². The summed E-state index contributed by atoms with van der Waals surface area (Å²) in [5, 5.41) is 3.24. The molecule has 0 aromatic heterocycles. The van der Waals surface area contributed by atoms with Gasteiger partial charge in [0.15, 0.2) is 0 Å². The molecular weight excluding hydrogens is 282 g/mol. The van der Waals surface area contributed by atoms with E-state index >= 15 is 0 Å². The molecule has 0 aliphatic heterocycles. The van der Waals surface area contributed by atoms with E-state index in [0.717, 1.165) is 17.5 Å². The summed E-state index contributed by atoms with van der Waals surface area (Å²) >= 11 is 0. The Morgan fingerprint density at radius 2 is 1.57 bits per heavy atom. The summed E-state index contributed by atoms with van der Waals surface area (Å²) in [5.74, 6) is 1.29. The van der Waals surface area contributed by atoms with Crippen molar-refractivity contribution in [1.29, 1.82) is 0 Å².